The van der Waals surface area contributed by atoms with Crippen LogP contribution in [0.25, 0.3) is 0 Å². The number of Topliss-reactive ketones (excluding diaryl/α,β-unsaturated/α-hetero) is 1. The van der Waals surface area contributed by atoms with Crippen LogP contribution in [0.5, 0.6) is 0 Å². The van der Waals surface area contributed by atoms with Crippen molar-refractivity contribution in [2.75, 3.05) is 0 Å². The zero-order chi connectivity index (χ0) is 41.4. The molecule has 0 aromatic rings. The SMILES string of the molecule is C#CC1(OC(C)=O)CCC2C3CC=C4C=C(OC5CCCC5)CC[C@@H]4C3CC[C@@]21C.CC(=O)O[C@]1(C(C)=O)CC[C@H]2[C@@H]3C=C(C)C4=CC(=O)CC[C@]4(C)[C@H]3CC[C@@]21C. The summed E-state index contributed by atoms with van der Waals surface area (Å²) in [4.78, 5) is 48.6. The molecule has 0 bridgehead atoms. The summed E-state index contributed by atoms with van der Waals surface area (Å²) < 4.78 is 18.0. The number of fused-ring (bicyclic) bond motifs is 10. The third-order valence-electron chi connectivity index (χ3n) is 18.2. The van der Waals surface area contributed by atoms with Crippen LogP contribution in [0.1, 0.15) is 158 Å². The van der Waals surface area contributed by atoms with Crippen molar-refractivity contribution in [1.82, 2.24) is 0 Å². The highest BCUT2D eigenvalue weighted by molar-refractivity contribution is 5.92. The summed E-state index contributed by atoms with van der Waals surface area (Å²) in [6, 6.07) is 0. The minimum absolute atomic E-state index is 0.0160. The molecule has 0 aromatic carbocycles. The van der Waals surface area contributed by atoms with Crippen molar-refractivity contribution >= 4 is 23.5 Å². The van der Waals surface area contributed by atoms with Crippen molar-refractivity contribution in [2.24, 2.45) is 57.7 Å². The zero-order valence-electron chi connectivity index (χ0n) is 36.4. The predicted octanol–water partition coefficient (Wildman–Crippen LogP) is 10.5. The van der Waals surface area contributed by atoms with Crippen LogP contribution < -0.4 is 0 Å². The van der Waals surface area contributed by atoms with E-state index in [9.17, 15) is 19.2 Å². The highest BCUT2D eigenvalue weighted by Crippen LogP contribution is 2.68. The predicted molar refractivity (Wildman–Crippen MR) is 224 cm³/mol. The molecule has 58 heavy (non-hydrogen) atoms. The largest absolute Gasteiger partial charge is 0.495 e. The Labute approximate surface area is 347 Å². The maximum Gasteiger partial charge on any atom is 0.304 e. The van der Waals surface area contributed by atoms with Crippen molar-refractivity contribution in [2.45, 2.75) is 175 Å². The first-order valence-electron chi connectivity index (χ1n) is 22.9. The van der Waals surface area contributed by atoms with Crippen LogP contribution in [0, 0.1) is 70.0 Å². The van der Waals surface area contributed by atoms with Gasteiger partial charge >= 0.3 is 11.9 Å². The van der Waals surface area contributed by atoms with Gasteiger partial charge in [0.2, 0.25) is 0 Å². The van der Waals surface area contributed by atoms with Crippen molar-refractivity contribution in [3.8, 4) is 12.3 Å². The monoisotopic (exact) mass is 792 g/mol. The van der Waals surface area contributed by atoms with Crippen molar-refractivity contribution in [3.63, 3.8) is 0 Å². The number of hydrogen-bond acceptors (Lipinski definition) is 7. The Morgan fingerprint density at radius 1 is 0.759 bits per heavy atom. The van der Waals surface area contributed by atoms with Gasteiger partial charge in [0.05, 0.1) is 11.9 Å². The Hall–Kier alpha value is -3.40. The number of carbonyl (C=O) groups excluding carboxylic acids is 4. The Morgan fingerprint density at radius 2 is 1.45 bits per heavy atom. The second-order valence-electron chi connectivity index (χ2n) is 20.8. The van der Waals surface area contributed by atoms with Gasteiger partial charge in [-0.1, -0.05) is 44.4 Å². The lowest BCUT2D eigenvalue weighted by atomic mass is 9.47. The minimum Gasteiger partial charge on any atom is -0.495 e. The quantitative estimate of drug-likeness (QED) is 0.202. The summed E-state index contributed by atoms with van der Waals surface area (Å²) in [5.41, 5.74) is 1.87. The second kappa shape index (κ2) is 14.9. The molecule has 12 atom stereocenters. The van der Waals surface area contributed by atoms with Crippen molar-refractivity contribution in [1.29, 1.82) is 0 Å². The van der Waals surface area contributed by atoms with E-state index in [2.05, 4.69) is 51.8 Å². The van der Waals surface area contributed by atoms with E-state index in [-0.39, 0.29) is 39.8 Å². The Bertz CT molecular complexity index is 1900. The van der Waals surface area contributed by atoms with Crippen LogP contribution in [-0.2, 0) is 33.4 Å². The van der Waals surface area contributed by atoms with Crippen molar-refractivity contribution in [3.05, 3.63) is 46.8 Å². The van der Waals surface area contributed by atoms with Gasteiger partial charge in [-0.15, -0.1) is 6.42 Å². The molecule has 0 aromatic heterocycles. The summed E-state index contributed by atoms with van der Waals surface area (Å²) >= 11 is 0. The highest BCUT2D eigenvalue weighted by Gasteiger charge is 2.68. The van der Waals surface area contributed by atoms with Gasteiger partial charge in [-0.3, -0.25) is 19.2 Å². The average molecular weight is 793 g/mol. The molecule has 7 nitrogen and oxygen atoms in total. The van der Waals surface area contributed by atoms with E-state index in [4.69, 9.17) is 20.6 Å². The lowest BCUT2D eigenvalue weighted by Crippen LogP contribution is -2.58. The number of hydrogen-bond donors (Lipinski definition) is 0. The van der Waals surface area contributed by atoms with Gasteiger partial charge in [-0.25, -0.2) is 0 Å². The first-order chi connectivity index (χ1) is 27.5. The number of esters is 2. The lowest BCUT2D eigenvalue weighted by molar-refractivity contribution is -0.185. The van der Waals surface area contributed by atoms with E-state index in [1.165, 1.54) is 74.9 Å². The van der Waals surface area contributed by atoms with Gasteiger partial charge in [0, 0.05) is 37.5 Å². The molecular formula is C51H68O7. The van der Waals surface area contributed by atoms with Crippen LogP contribution in [0.15, 0.2) is 46.8 Å². The molecule has 9 rings (SSSR count). The number of carbonyl (C=O) groups is 4. The number of allylic oxidation sites excluding steroid dienone is 8. The standard InChI is InChI=1S/C27H36O3.C24H32O4/c1-4-27(30-18(2)28)16-14-25-24-11-9-19-17-21(29-20-7-5-6-8-20)10-12-22(19)23(24)13-15-26(25,27)3;1-14-12-18-19(22(4)9-6-17(27)13-21(14)22)7-10-23(5)20(18)8-11-24(23,15(2)25)28-16(3)26/h1,9,17,20,22-25H,5-8,10-16H2,2-3H3;12-13,18-20H,6-11H2,1-5H3/t22-,23?,24?,25?,26-,27?;18-,19+,20+,22-,23+,24+/m01/s1. The number of ketones is 2. The van der Waals surface area contributed by atoms with Gasteiger partial charge in [0.15, 0.2) is 22.8 Å². The van der Waals surface area contributed by atoms with Gasteiger partial charge < -0.3 is 14.2 Å². The molecule has 0 amide bonds. The zero-order valence-corrected chi connectivity index (χ0v) is 36.4. The van der Waals surface area contributed by atoms with E-state index in [1.54, 1.807) is 6.92 Å². The number of terminal acetylenes is 1. The van der Waals surface area contributed by atoms with E-state index >= 15 is 0 Å². The summed E-state index contributed by atoms with van der Waals surface area (Å²) in [6.07, 6.45) is 33.2. The molecule has 0 saturated heterocycles. The molecule has 0 heterocycles. The third-order valence-corrected chi connectivity index (χ3v) is 18.2. The van der Waals surface area contributed by atoms with Crippen LogP contribution >= 0.6 is 0 Å². The third kappa shape index (κ3) is 6.34. The fourth-order valence-corrected chi connectivity index (χ4v) is 15.4. The highest BCUT2D eigenvalue weighted by atomic mass is 16.6. The summed E-state index contributed by atoms with van der Waals surface area (Å²) in [6.45, 7) is 13.4. The molecule has 9 aliphatic carbocycles. The molecule has 4 unspecified atom stereocenters. The van der Waals surface area contributed by atoms with Crippen LogP contribution in [0.4, 0.5) is 0 Å². The molecule has 0 aliphatic heterocycles. The Morgan fingerprint density at radius 3 is 2.14 bits per heavy atom. The van der Waals surface area contributed by atoms with Gasteiger partial charge in [-0.2, -0.15) is 0 Å². The summed E-state index contributed by atoms with van der Waals surface area (Å²) in [7, 11) is 0. The molecule has 5 saturated carbocycles. The molecule has 9 aliphatic rings. The van der Waals surface area contributed by atoms with E-state index in [0.717, 1.165) is 63.7 Å². The van der Waals surface area contributed by atoms with Crippen LogP contribution in [0.2, 0.25) is 0 Å². The maximum atomic E-state index is 12.8. The van der Waals surface area contributed by atoms with E-state index in [1.807, 2.05) is 6.08 Å². The lowest BCUT2D eigenvalue weighted by Gasteiger charge is -2.58. The Kier molecular flexibility index (Phi) is 10.7. The Balaban J connectivity index is 0.000000162. The summed E-state index contributed by atoms with van der Waals surface area (Å²) in [5, 5.41) is 0. The van der Waals surface area contributed by atoms with Gasteiger partial charge in [0.25, 0.3) is 0 Å². The fourth-order valence-electron chi connectivity index (χ4n) is 15.4. The normalized spacial score (nSPS) is 43.7. The molecule has 314 valence electrons. The molecule has 0 radical (unpaired) electrons. The number of ether oxygens (including phenoxy) is 3. The van der Waals surface area contributed by atoms with E-state index in [0.29, 0.717) is 54.5 Å². The second-order valence-corrected chi connectivity index (χ2v) is 20.8. The molecule has 7 heteroatoms. The van der Waals surface area contributed by atoms with Crippen LogP contribution in [-0.4, -0.2) is 40.8 Å². The van der Waals surface area contributed by atoms with Gasteiger partial charge in [0.1, 0.15) is 0 Å². The first-order valence-corrected chi connectivity index (χ1v) is 22.9. The van der Waals surface area contributed by atoms with E-state index < -0.39 is 11.2 Å². The minimum atomic E-state index is -0.990. The van der Waals surface area contributed by atoms with Gasteiger partial charge in [-0.05, 0) is 180 Å². The van der Waals surface area contributed by atoms with Crippen molar-refractivity contribution < 1.29 is 33.4 Å². The molecule has 0 spiro atoms. The fraction of sp³-hybridized carbons (Fsp3) is 0.725. The molecular weight excluding hydrogens is 725 g/mol. The average Bonchev–Trinajstić information content (AvgIpc) is 3.87. The first kappa shape index (κ1) is 41.3. The summed E-state index contributed by atoms with van der Waals surface area (Å²) in [5.74, 6) is 7.58. The van der Waals surface area contributed by atoms with Crippen LogP contribution in [0.3, 0.4) is 0 Å². The molecule has 5 fully saturated rings. The topological polar surface area (TPSA) is 96.0 Å². The number of rotatable bonds is 5. The maximum absolute atomic E-state index is 12.8. The smallest absolute Gasteiger partial charge is 0.304 e. The molecule has 0 N–H and O–H groups in total.